The molecule has 6 heteroatoms. The van der Waals surface area contributed by atoms with E-state index in [-0.39, 0.29) is 11.8 Å². The Labute approximate surface area is 99.9 Å². The van der Waals surface area contributed by atoms with E-state index in [2.05, 4.69) is 21.2 Å². The molecule has 1 N–H and O–H groups in total. The van der Waals surface area contributed by atoms with E-state index in [0.717, 1.165) is 12.1 Å². The van der Waals surface area contributed by atoms with Gasteiger partial charge in [0.15, 0.2) is 0 Å². The van der Waals surface area contributed by atoms with Crippen molar-refractivity contribution in [2.75, 3.05) is 10.6 Å². The number of hydrogen-bond acceptors (Lipinski definition) is 2. The zero-order chi connectivity index (χ0) is 12.1. The number of carbonyl (C=O) groups excluding carboxylic acids is 1. The molecule has 1 aromatic rings. The first-order valence-corrected chi connectivity index (χ1v) is 5.63. The maximum Gasteiger partial charge on any atom is 0.412 e. The largest absolute Gasteiger partial charge is 0.445 e. The fourth-order valence-electron chi connectivity index (χ4n) is 0.944. The Kier molecular flexibility index (Phi) is 4.67. The summed E-state index contributed by atoms with van der Waals surface area (Å²) in [6.45, 7) is 1.68. The first-order chi connectivity index (χ1) is 7.52. The van der Waals surface area contributed by atoms with Gasteiger partial charge in [0, 0.05) is 11.4 Å². The van der Waals surface area contributed by atoms with E-state index in [1.165, 1.54) is 0 Å². The normalized spacial score (nSPS) is 12.0. The van der Waals surface area contributed by atoms with Gasteiger partial charge in [0.05, 0.1) is 5.69 Å². The second-order valence-corrected chi connectivity index (χ2v) is 3.77. The molecule has 0 fully saturated rings. The summed E-state index contributed by atoms with van der Waals surface area (Å²) in [5.41, 5.74) is -0.117. The number of anilines is 1. The van der Waals surface area contributed by atoms with Crippen molar-refractivity contribution in [3.05, 3.63) is 29.8 Å². The molecule has 0 aliphatic heterocycles. The molecule has 0 bridgehead atoms. The minimum Gasteiger partial charge on any atom is -0.445 e. The number of ether oxygens (including phenoxy) is 1. The van der Waals surface area contributed by atoms with E-state index in [1.54, 1.807) is 6.92 Å². The maximum atomic E-state index is 13.1. The highest BCUT2D eigenvalue weighted by Crippen LogP contribution is 2.15. The van der Waals surface area contributed by atoms with Crippen molar-refractivity contribution in [3.8, 4) is 0 Å². The van der Waals surface area contributed by atoms with Gasteiger partial charge in [-0.3, -0.25) is 5.32 Å². The van der Waals surface area contributed by atoms with Crippen molar-refractivity contribution >= 4 is 27.7 Å². The molecular weight excluding hydrogens is 284 g/mol. The fraction of sp³-hybridized carbons (Fsp3) is 0.300. The molecule has 0 saturated heterocycles. The molecule has 88 valence electrons. The lowest BCUT2D eigenvalue weighted by molar-refractivity contribution is 0.132. The van der Waals surface area contributed by atoms with E-state index >= 15 is 0 Å². The molecular formula is C10H10BrF2NO2. The summed E-state index contributed by atoms with van der Waals surface area (Å²) in [6, 6.07) is 2.86. The van der Waals surface area contributed by atoms with Gasteiger partial charge in [-0.15, -0.1) is 0 Å². The van der Waals surface area contributed by atoms with Crippen LogP contribution in [0.3, 0.4) is 0 Å². The Morgan fingerprint density at radius 1 is 1.56 bits per heavy atom. The minimum absolute atomic E-state index is 0.117. The summed E-state index contributed by atoms with van der Waals surface area (Å²) in [4.78, 5) is 11.2. The number of nitrogens with one attached hydrogen (secondary N) is 1. The van der Waals surface area contributed by atoms with Gasteiger partial charge in [-0.1, -0.05) is 15.9 Å². The van der Waals surface area contributed by atoms with Crippen molar-refractivity contribution in [1.29, 1.82) is 0 Å². The summed E-state index contributed by atoms with van der Waals surface area (Å²) in [5, 5.41) is 2.66. The van der Waals surface area contributed by atoms with E-state index in [1.807, 2.05) is 0 Å². The Morgan fingerprint density at radius 3 is 2.81 bits per heavy atom. The standard InChI is InChI=1S/C10H10BrF2NO2/c1-6(5-11)16-10(15)14-9-3-2-7(12)4-8(9)13/h2-4,6H,5H2,1H3,(H,14,15). The molecule has 3 nitrogen and oxygen atoms in total. The smallest absolute Gasteiger partial charge is 0.412 e. The molecule has 1 rings (SSSR count). The molecule has 1 amide bonds. The molecule has 1 unspecified atom stereocenters. The Morgan fingerprint density at radius 2 is 2.25 bits per heavy atom. The van der Waals surface area contributed by atoms with Crippen LogP contribution in [0, 0.1) is 11.6 Å². The SMILES string of the molecule is CC(CBr)OC(=O)Nc1ccc(F)cc1F. The third kappa shape index (κ3) is 3.77. The number of benzene rings is 1. The highest BCUT2D eigenvalue weighted by atomic mass is 79.9. The predicted octanol–water partition coefficient (Wildman–Crippen LogP) is 3.30. The van der Waals surface area contributed by atoms with Crippen molar-refractivity contribution in [2.45, 2.75) is 13.0 Å². The van der Waals surface area contributed by atoms with Gasteiger partial charge in [-0.25, -0.2) is 13.6 Å². The van der Waals surface area contributed by atoms with Crippen LogP contribution in [0.5, 0.6) is 0 Å². The van der Waals surface area contributed by atoms with Gasteiger partial charge >= 0.3 is 6.09 Å². The summed E-state index contributed by atoms with van der Waals surface area (Å²) in [7, 11) is 0. The highest BCUT2D eigenvalue weighted by molar-refractivity contribution is 9.09. The van der Waals surface area contributed by atoms with Crippen LogP contribution in [-0.4, -0.2) is 17.5 Å². The first-order valence-electron chi connectivity index (χ1n) is 4.51. The van der Waals surface area contributed by atoms with Crippen LogP contribution in [0.15, 0.2) is 18.2 Å². The zero-order valence-electron chi connectivity index (χ0n) is 8.47. The van der Waals surface area contributed by atoms with E-state index in [4.69, 9.17) is 4.74 Å². The Balaban J connectivity index is 2.63. The van der Waals surface area contributed by atoms with Gasteiger partial charge < -0.3 is 4.74 Å². The first kappa shape index (κ1) is 12.9. The van der Waals surface area contributed by atoms with Gasteiger partial charge in [0.25, 0.3) is 0 Å². The van der Waals surface area contributed by atoms with Crippen molar-refractivity contribution < 1.29 is 18.3 Å². The van der Waals surface area contributed by atoms with E-state index in [0.29, 0.717) is 11.4 Å². The molecule has 0 heterocycles. The average Bonchev–Trinajstić information content (AvgIpc) is 2.22. The Bertz CT molecular complexity index is 387. The summed E-state index contributed by atoms with van der Waals surface area (Å²) in [5.74, 6) is -1.55. The summed E-state index contributed by atoms with van der Waals surface area (Å²) >= 11 is 3.12. The van der Waals surface area contributed by atoms with E-state index < -0.39 is 17.7 Å². The Hall–Kier alpha value is -1.17. The molecule has 1 atom stereocenters. The number of carbonyl (C=O) groups is 1. The number of amides is 1. The fourth-order valence-corrected chi connectivity index (χ4v) is 1.08. The van der Waals surface area contributed by atoms with Gasteiger partial charge in [-0.05, 0) is 19.1 Å². The molecule has 0 aliphatic carbocycles. The molecule has 16 heavy (non-hydrogen) atoms. The van der Waals surface area contributed by atoms with Crippen LogP contribution in [0.2, 0.25) is 0 Å². The predicted molar refractivity (Wildman–Crippen MR) is 59.7 cm³/mol. The van der Waals surface area contributed by atoms with Gasteiger partial charge in [-0.2, -0.15) is 0 Å². The van der Waals surface area contributed by atoms with Crippen molar-refractivity contribution in [3.63, 3.8) is 0 Å². The second-order valence-electron chi connectivity index (χ2n) is 3.12. The van der Waals surface area contributed by atoms with Crippen LogP contribution in [-0.2, 0) is 4.74 Å². The molecule has 0 radical (unpaired) electrons. The number of rotatable bonds is 3. The van der Waals surface area contributed by atoms with Crippen LogP contribution < -0.4 is 5.32 Å². The molecule has 0 aromatic heterocycles. The lowest BCUT2D eigenvalue weighted by atomic mass is 10.3. The highest BCUT2D eigenvalue weighted by Gasteiger charge is 2.11. The van der Waals surface area contributed by atoms with Crippen molar-refractivity contribution in [1.82, 2.24) is 0 Å². The maximum absolute atomic E-state index is 13.1. The molecule has 1 aromatic carbocycles. The van der Waals surface area contributed by atoms with Crippen LogP contribution in [0.25, 0.3) is 0 Å². The minimum atomic E-state index is -0.844. The van der Waals surface area contributed by atoms with Crippen LogP contribution >= 0.6 is 15.9 Å². The zero-order valence-corrected chi connectivity index (χ0v) is 10.1. The third-order valence-electron chi connectivity index (χ3n) is 1.69. The third-order valence-corrected chi connectivity index (χ3v) is 2.61. The van der Waals surface area contributed by atoms with Gasteiger partial charge in [0.2, 0.25) is 0 Å². The number of hydrogen-bond donors (Lipinski definition) is 1. The quantitative estimate of drug-likeness (QED) is 0.869. The summed E-state index contributed by atoms with van der Waals surface area (Å²) in [6.07, 6.45) is -1.11. The van der Waals surface area contributed by atoms with E-state index in [9.17, 15) is 13.6 Å². The van der Waals surface area contributed by atoms with Crippen molar-refractivity contribution in [2.24, 2.45) is 0 Å². The lowest BCUT2D eigenvalue weighted by Gasteiger charge is -2.11. The van der Waals surface area contributed by atoms with Crippen LogP contribution in [0.4, 0.5) is 19.3 Å². The average molecular weight is 294 g/mol. The lowest BCUT2D eigenvalue weighted by Crippen LogP contribution is -2.21. The summed E-state index contributed by atoms with van der Waals surface area (Å²) < 4.78 is 30.5. The van der Waals surface area contributed by atoms with Gasteiger partial charge in [0.1, 0.15) is 17.7 Å². The molecule has 0 spiro atoms. The topological polar surface area (TPSA) is 38.3 Å². The molecule has 0 aliphatic rings. The number of alkyl halides is 1. The second kappa shape index (κ2) is 5.79. The molecule has 0 saturated carbocycles. The van der Waals surface area contributed by atoms with Crippen LogP contribution in [0.1, 0.15) is 6.92 Å². The monoisotopic (exact) mass is 293 g/mol. The number of halogens is 3.